The Morgan fingerprint density at radius 1 is 1.16 bits per heavy atom. The molecule has 5 aromatic rings. The molecule has 1 amide bonds. The molecular weight excluding hydrogens is 817 g/mol. The number of piperidine rings is 1. The minimum atomic E-state index is -4.88. The molecule has 5 heterocycles. The number of nitrogens with zero attached hydrogens (tertiary/aromatic N) is 6. The number of halogens is 6. The first kappa shape index (κ1) is 40.3. The fraction of sp³-hybridized carbons (Fsp3) is 0.378. The quantitative estimate of drug-likeness (QED) is 0.155. The van der Waals surface area contributed by atoms with E-state index in [-0.39, 0.29) is 66.0 Å². The van der Waals surface area contributed by atoms with Gasteiger partial charge in [-0.2, -0.15) is 18.4 Å². The molecule has 0 bridgehead atoms. The molecule has 2 aliphatic heterocycles. The monoisotopic (exact) mass is 849 g/mol. The molecule has 57 heavy (non-hydrogen) atoms. The number of benzene rings is 2. The lowest BCUT2D eigenvalue weighted by Crippen LogP contribution is -2.61. The molecule has 0 atom stereocenters. The van der Waals surface area contributed by atoms with E-state index in [0.29, 0.717) is 52.5 Å². The zero-order valence-corrected chi connectivity index (χ0v) is 32.7. The number of thiophene rings is 1. The number of likely N-dealkylation sites (tertiary alicyclic amines) is 1. The smallest absolute Gasteiger partial charge is 0.418 e. The summed E-state index contributed by atoms with van der Waals surface area (Å²) in [5, 5.41) is 11.9. The molecule has 2 saturated heterocycles. The summed E-state index contributed by atoms with van der Waals surface area (Å²) in [7, 11) is -3.84. The Morgan fingerprint density at radius 3 is 2.53 bits per heavy atom. The highest BCUT2D eigenvalue weighted by molar-refractivity contribution is 7.89. The van der Waals surface area contributed by atoms with Gasteiger partial charge in [-0.05, 0) is 55.5 Å². The summed E-state index contributed by atoms with van der Waals surface area (Å²) in [6.45, 7) is 1.97. The lowest BCUT2D eigenvalue weighted by molar-refractivity contribution is -0.137. The highest BCUT2D eigenvalue weighted by atomic mass is 35.5. The van der Waals surface area contributed by atoms with Gasteiger partial charge in [0.2, 0.25) is 10.0 Å². The van der Waals surface area contributed by atoms with Crippen molar-refractivity contribution in [1.29, 1.82) is 5.26 Å². The fourth-order valence-corrected chi connectivity index (χ4v) is 9.41. The Hall–Kier alpha value is -4.90. The first-order valence-electron chi connectivity index (χ1n) is 17.5. The molecule has 0 aliphatic carbocycles. The van der Waals surface area contributed by atoms with Crippen LogP contribution in [0.15, 0.2) is 46.7 Å². The summed E-state index contributed by atoms with van der Waals surface area (Å²) in [4.78, 5) is 38.5. The number of sulfonamides is 1. The van der Waals surface area contributed by atoms with Crippen LogP contribution in [0, 0.1) is 23.7 Å². The number of amides is 1. The number of carbonyl (C=O) groups is 1. The number of carbonyl (C=O) groups excluding carboxylic acids is 1. The maximum atomic E-state index is 14.6. The predicted octanol–water partition coefficient (Wildman–Crippen LogP) is 6.46. The number of alkyl halides is 5. The van der Waals surface area contributed by atoms with E-state index < -0.39 is 50.9 Å². The third kappa shape index (κ3) is 8.00. The molecule has 3 aromatic heterocycles. The van der Waals surface area contributed by atoms with Gasteiger partial charge in [0.15, 0.2) is 0 Å². The molecule has 2 aromatic carbocycles. The number of hydrogen-bond donors (Lipinski definition) is 1. The van der Waals surface area contributed by atoms with E-state index in [1.54, 1.807) is 29.2 Å². The van der Waals surface area contributed by atoms with Crippen LogP contribution >= 0.6 is 22.9 Å². The van der Waals surface area contributed by atoms with Gasteiger partial charge in [0.05, 0.1) is 62.8 Å². The van der Waals surface area contributed by atoms with Crippen LogP contribution in [0.1, 0.15) is 40.2 Å². The summed E-state index contributed by atoms with van der Waals surface area (Å²) in [6.07, 6.45) is -4.19. The molecule has 1 N–H and O–H groups in total. The number of nitriles is 1. The second-order valence-corrected chi connectivity index (χ2v) is 17.3. The van der Waals surface area contributed by atoms with Gasteiger partial charge in [0, 0.05) is 53.9 Å². The fourth-order valence-electron chi connectivity index (χ4n) is 7.76. The van der Waals surface area contributed by atoms with Crippen molar-refractivity contribution in [2.45, 2.75) is 38.9 Å². The zero-order chi connectivity index (χ0) is 41.0. The van der Waals surface area contributed by atoms with Crippen molar-refractivity contribution in [2.24, 2.45) is 5.41 Å². The van der Waals surface area contributed by atoms with Crippen LogP contribution in [-0.4, -0.2) is 85.8 Å². The lowest BCUT2D eigenvalue weighted by atomic mass is 9.72. The molecule has 0 radical (unpaired) electrons. The highest BCUT2D eigenvalue weighted by Crippen LogP contribution is 2.46. The van der Waals surface area contributed by atoms with Gasteiger partial charge in [-0.15, -0.1) is 11.3 Å². The van der Waals surface area contributed by atoms with E-state index in [2.05, 4.69) is 9.97 Å². The summed E-state index contributed by atoms with van der Waals surface area (Å²) in [5.41, 5.74) is -1.87. The van der Waals surface area contributed by atoms with Gasteiger partial charge in [0.1, 0.15) is 24.3 Å². The molecule has 2 fully saturated rings. The number of aryl methyl sites for hydroxylation is 1. The van der Waals surface area contributed by atoms with E-state index in [1.165, 1.54) is 28.0 Å². The SMILES string of the molecule is Cc1nc2cc(C(F)(F)F)c(N3CCC4(CC3)CN(CC(F)F)C4)c(C#N)c2c(=O)n1CCOc1ccc(Cl)cc1-c1ccnc2c(C(=O)NS(C)(=O)=O)csc12. The number of ether oxygens (including phenoxy) is 1. The minimum absolute atomic E-state index is 0.0502. The predicted molar refractivity (Wildman–Crippen MR) is 205 cm³/mol. The van der Waals surface area contributed by atoms with Crippen molar-refractivity contribution in [3.05, 3.63) is 79.8 Å². The Balaban J connectivity index is 1.18. The summed E-state index contributed by atoms with van der Waals surface area (Å²) >= 11 is 7.53. The van der Waals surface area contributed by atoms with Crippen LogP contribution in [-0.2, 0) is 22.7 Å². The topological polar surface area (TPSA) is 151 Å². The van der Waals surface area contributed by atoms with E-state index >= 15 is 0 Å². The second kappa shape index (κ2) is 15.1. The van der Waals surface area contributed by atoms with Gasteiger partial charge in [-0.3, -0.25) is 24.0 Å². The number of rotatable bonds is 10. The van der Waals surface area contributed by atoms with Crippen molar-refractivity contribution < 1.29 is 39.9 Å². The highest BCUT2D eigenvalue weighted by Gasteiger charge is 2.47. The van der Waals surface area contributed by atoms with E-state index in [1.807, 2.05) is 10.8 Å². The van der Waals surface area contributed by atoms with Crippen molar-refractivity contribution in [3.8, 4) is 22.9 Å². The molecule has 1 spiro atoms. The van der Waals surface area contributed by atoms with E-state index in [0.717, 1.165) is 23.7 Å². The molecule has 12 nitrogen and oxygen atoms in total. The normalized spacial score (nSPS) is 16.0. The zero-order valence-electron chi connectivity index (χ0n) is 30.3. The standard InChI is InChI=1S/C37H33ClF5N7O5S2/c1-20-46-27-14-26(37(41,42)43)32(49-9-6-36(7-10-49)18-48(19-36)16-29(39)40)24(15-44)30(27)35(52)50(20)11-12-55-28-4-3-21(38)13-23(28)22-5-8-45-31-25(17-56-33(22)31)34(51)47-57(2,53)54/h3-5,8,13-14,17,29H,6-7,9-12,16,18-19H2,1-2H3,(H,47,51). The van der Waals surface area contributed by atoms with Crippen LogP contribution in [0.25, 0.3) is 32.2 Å². The van der Waals surface area contributed by atoms with Crippen LogP contribution in [0.4, 0.5) is 27.6 Å². The third-order valence-electron chi connectivity index (χ3n) is 10.3. The summed E-state index contributed by atoms with van der Waals surface area (Å²) in [5.74, 6) is -0.436. The summed E-state index contributed by atoms with van der Waals surface area (Å²) in [6, 6.07) is 9.15. The van der Waals surface area contributed by atoms with Crippen molar-refractivity contribution in [2.75, 3.05) is 50.5 Å². The van der Waals surface area contributed by atoms with Crippen molar-refractivity contribution >= 4 is 65.7 Å². The van der Waals surface area contributed by atoms with Gasteiger partial charge < -0.3 is 9.64 Å². The summed E-state index contributed by atoms with van der Waals surface area (Å²) < 4.78 is 103. The average Bonchev–Trinajstić information content (AvgIpc) is 3.56. The number of hydrogen-bond acceptors (Lipinski definition) is 11. The molecule has 2 aliphatic rings. The molecule has 300 valence electrons. The Kier molecular flexibility index (Phi) is 10.7. The molecule has 20 heteroatoms. The van der Waals surface area contributed by atoms with Crippen LogP contribution in [0.5, 0.6) is 5.75 Å². The molecule has 0 saturated carbocycles. The van der Waals surface area contributed by atoms with Gasteiger partial charge in [-0.25, -0.2) is 26.9 Å². The Labute approximate surface area is 331 Å². The first-order valence-corrected chi connectivity index (χ1v) is 20.6. The van der Waals surface area contributed by atoms with Crippen LogP contribution < -0.4 is 19.9 Å². The Bertz CT molecular complexity index is 2630. The lowest BCUT2D eigenvalue weighted by Gasteiger charge is -2.54. The number of nitrogens with one attached hydrogen (secondary N) is 1. The largest absolute Gasteiger partial charge is 0.491 e. The van der Waals surface area contributed by atoms with Crippen LogP contribution in [0.3, 0.4) is 0 Å². The molecule has 7 rings (SSSR count). The van der Waals surface area contributed by atoms with Gasteiger partial charge >= 0.3 is 6.18 Å². The first-order chi connectivity index (χ1) is 26.9. The molecule has 0 unspecified atom stereocenters. The van der Waals surface area contributed by atoms with Gasteiger partial charge in [-0.1, -0.05) is 11.6 Å². The third-order valence-corrected chi connectivity index (χ3v) is 12.1. The molecular formula is C37H33ClF5N7O5S2. The average molecular weight is 850 g/mol. The number of anilines is 1. The van der Waals surface area contributed by atoms with E-state index in [4.69, 9.17) is 16.3 Å². The number of aromatic nitrogens is 3. The Morgan fingerprint density at radius 2 is 1.88 bits per heavy atom. The maximum Gasteiger partial charge on any atom is 0.418 e. The maximum absolute atomic E-state index is 14.6. The number of fused-ring (bicyclic) bond motifs is 2. The number of pyridine rings is 1. The van der Waals surface area contributed by atoms with Gasteiger partial charge in [0.25, 0.3) is 17.9 Å². The van der Waals surface area contributed by atoms with E-state index in [9.17, 15) is 45.2 Å². The van der Waals surface area contributed by atoms with Crippen molar-refractivity contribution in [1.82, 2.24) is 24.2 Å². The second-order valence-electron chi connectivity index (χ2n) is 14.2. The van der Waals surface area contributed by atoms with Crippen LogP contribution in [0.2, 0.25) is 5.02 Å². The minimum Gasteiger partial charge on any atom is -0.491 e. The van der Waals surface area contributed by atoms with Crippen molar-refractivity contribution in [3.63, 3.8) is 0 Å².